The zero-order valence-electron chi connectivity index (χ0n) is 15.3. The fourth-order valence-electron chi connectivity index (χ4n) is 3.90. The van der Waals surface area contributed by atoms with Crippen LogP contribution in [0, 0.1) is 17.7 Å². The summed E-state index contributed by atoms with van der Waals surface area (Å²) in [7, 11) is 0. The topological polar surface area (TPSA) is 25.8 Å². The van der Waals surface area contributed by atoms with E-state index in [1.807, 2.05) is 12.4 Å². The molecule has 0 unspecified atom stereocenters. The second-order valence-electron chi connectivity index (χ2n) is 7.49. The molecule has 0 saturated heterocycles. The average molecular weight is 340 g/mol. The van der Waals surface area contributed by atoms with Crippen molar-refractivity contribution in [1.29, 1.82) is 0 Å². The molecule has 2 aromatic rings. The van der Waals surface area contributed by atoms with Gasteiger partial charge < -0.3 is 0 Å². The molecule has 0 spiro atoms. The highest BCUT2D eigenvalue weighted by atomic mass is 19.1. The standard InChI is InChI=1S/C22H29FN2/c1-2-3-4-17-5-7-18(8-6-17)9-10-19-15-24-22(25-16-19)20-11-13-21(23)14-12-20/h11-18H,2-10H2,1H3. The van der Waals surface area contributed by atoms with Crippen LogP contribution in [-0.2, 0) is 6.42 Å². The molecule has 0 N–H and O–H groups in total. The van der Waals surface area contributed by atoms with Gasteiger partial charge in [0.25, 0.3) is 0 Å². The number of rotatable bonds is 7. The van der Waals surface area contributed by atoms with Crippen molar-refractivity contribution < 1.29 is 4.39 Å². The Bertz CT molecular complexity index is 628. The maximum Gasteiger partial charge on any atom is 0.159 e. The second kappa shape index (κ2) is 9.07. The van der Waals surface area contributed by atoms with Gasteiger partial charge >= 0.3 is 0 Å². The third-order valence-corrected chi connectivity index (χ3v) is 5.58. The van der Waals surface area contributed by atoms with Crippen LogP contribution in [-0.4, -0.2) is 9.97 Å². The lowest BCUT2D eigenvalue weighted by atomic mass is 9.78. The van der Waals surface area contributed by atoms with Crippen molar-refractivity contribution in [2.45, 2.75) is 64.7 Å². The highest BCUT2D eigenvalue weighted by molar-refractivity contribution is 5.54. The van der Waals surface area contributed by atoms with Crippen LogP contribution in [0.25, 0.3) is 11.4 Å². The van der Waals surface area contributed by atoms with Crippen LogP contribution in [0.3, 0.4) is 0 Å². The van der Waals surface area contributed by atoms with E-state index in [9.17, 15) is 4.39 Å². The van der Waals surface area contributed by atoms with Crippen LogP contribution in [0.1, 0.15) is 63.9 Å². The van der Waals surface area contributed by atoms with Gasteiger partial charge in [0.2, 0.25) is 0 Å². The van der Waals surface area contributed by atoms with Crippen molar-refractivity contribution in [2.24, 2.45) is 11.8 Å². The van der Waals surface area contributed by atoms with Gasteiger partial charge in [-0.05, 0) is 54.5 Å². The molecule has 1 aromatic heterocycles. The van der Waals surface area contributed by atoms with E-state index in [1.165, 1.54) is 69.1 Å². The zero-order valence-corrected chi connectivity index (χ0v) is 15.3. The predicted octanol–water partition coefficient (Wildman–Crippen LogP) is 6.21. The molecule has 1 heterocycles. The van der Waals surface area contributed by atoms with Gasteiger partial charge in [0, 0.05) is 18.0 Å². The Labute approximate surface area is 150 Å². The van der Waals surface area contributed by atoms with E-state index in [0.717, 1.165) is 23.8 Å². The third kappa shape index (κ3) is 5.35. The summed E-state index contributed by atoms with van der Waals surface area (Å²) in [5, 5.41) is 0. The van der Waals surface area contributed by atoms with E-state index in [-0.39, 0.29) is 5.82 Å². The van der Waals surface area contributed by atoms with Crippen LogP contribution in [0.15, 0.2) is 36.7 Å². The fraction of sp³-hybridized carbons (Fsp3) is 0.545. The van der Waals surface area contributed by atoms with Gasteiger partial charge in [0.15, 0.2) is 5.82 Å². The Morgan fingerprint density at radius 1 is 0.920 bits per heavy atom. The monoisotopic (exact) mass is 340 g/mol. The molecule has 0 amide bonds. The molecule has 2 nitrogen and oxygen atoms in total. The number of benzene rings is 1. The minimum absolute atomic E-state index is 0.232. The Morgan fingerprint density at radius 2 is 1.52 bits per heavy atom. The molecule has 1 aliphatic rings. The first-order valence-corrected chi connectivity index (χ1v) is 9.81. The zero-order chi connectivity index (χ0) is 17.5. The van der Waals surface area contributed by atoms with Crippen LogP contribution >= 0.6 is 0 Å². The molecular weight excluding hydrogens is 311 g/mol. The van der Waals surface area contributed by atoms with Crippen LogP contribution in [0.4, 0.5) is 4.39 Å². The van der Waals surface area contributed by atoms with Gasteiger partial charge in [0.1, 0.15) is 5.82 Å². The van der Waals surface area contributed by atoms with Crippen molar-refractivity contribution in [3.8, 4) is 11.4 Å². The molecule has 3 heteroatoms. The van der Waals surface area contributed by atoms with E-state index in [2.05, 4.69) is 16.9 Å². The molecule has 0 radical (unpaired) electrons. The smallest absolute Gasteiger partial charge is 0.159 e. The molecule has 0 atom stereocenters. The summed E-state index contributed by atoms with van der Waals surface area (Å²) in [6, 6.07) is 6.34. The predicted molar refractivity (Wildman–Crippen MR) is 101 cm³/mol. The van der Waals surface area contributed by atoms with Gasteiger partial charge in [-0.25, -0.2) is 14.4 Å². The van der Waals surface area contributed by atoms with Crippen molar-refractivity contribution in [3.05, 3.63) is 48.0 Å². The lowest BCUT2D eigenvalue weighted by molar-refractivity contribution is 0.250. The van der Waals surface area contributed by atoms with Crippen LogP contribution < -0.4 is 0 Å². The van der Waals surface area contributed by atoms with Gasteiger partial charge in [-0.1, -0.05) is 51.9 Å². The maximum absolute atomic E-state index is 13.0. The molecule has 25 heavy (non-hydrogen) atoms. The number of hydrogen-bond donors (Lipinski definition) is 0. The van der Waals surface area contributed by atoms with E-state index in [4.69, 9.17) is 0 Å². The number of hydrogen-bond acceptors (Lipinski definition) is 2. The summed E-state index contributed by atoms with van der Waals surface area (Å²) in [4.78, 5) is 8.91. The quantitative estimate of drug-likeness (QED) is 0.598. The minimum Gasteiger partial charge on any atom is -0.236 e. The highest BCUT2D eigenvalue weighted by Crippen LogP contribution is 2.34. The fourth-order valence-corrected chi connectivity index (χ4v) is 3.90. The lowest BCUT2D eigenvalue weighted by Gasteiger charge is -2.28. The Hall–Kier alpha value is -1.77. The first kappa shape index (κ1) is 18.0. The number of aryl methyl sites for hydroxylation is 1. The SMILES string of the molecule is CCCCC1CCC(CCc2cnc(-c3ccc(F)cc3)nc2)CC1. The van der Waals surface area contributed by atoms with Gasteiger partial charge in [0.05, 0.1) is 0 Å². The number of nitrogens with zero attached hydrogens (tertiary/aromatic N) is 2. The molecule has 134 valence electrons. The summed E-state index contributed by atoms with van der Waals surface area (Å²) in [5.74, 6) is 2.29. The van der Waals surface area contributed by atoms with Crippen LogP contribution in [0.5, 0.6) is 0 Å². The Kier molecular flexibility index (Phi) is 6.55. The highest BCUT2D eigenvalue weighted by Gasteiger charge is 2.20. The normalized spacial score (nSPS) is 20.6. The molecule has 0 bridgehead atoms. The Morgan fingerprint density at radius 3 is 2.12 bits per heavy atom. The lowest BCUT2D eigenvalue weighted by Crippen LogP contribution is -2.15. The molecular formula is C22H29FN2. The van der Waals surface area contributed by atoms with Crippen molar-refractivity contribution >= 4 is 0 Å². The van der Waals surface area contributed by atoms with E-state index in [0.29, 0.717) is 5.82 Å². The molecule has 1 fully saturated rings. The number of unbranched alkanes of at least 4 members (excludes halogenated alkanes) is 1. The first-order valence-electron chi connectivity index (χ1n) is 9.81. The maximum atomic E-state index is 13.0. The number of aromatic nitrogens is 2. The van der Waals surface area contributed by atoms with E-state index < -0.39 is 0 Å². The minimum atomic E-state index is -0.232. The van der Waals surface area contributed by atoms with Crippen molar-refractivity contribution in [1.82, 2.24) is 9.97 Å². The van der Waals surface area contributed by atoms with E-state index >= 15 is 0 Å². The third-order valence-electron chi connectivity index (χ3n) is 5.58. The summed E-state index contributed by atoms with van der Waals surface area (Å²) in [5.41, 5.74) is 2.07. The largest absolute Gasteiger partial charge is 0.236 e. The van der Waals surface area contributed by atoms with Gasteiger partial charge in [-0.3, -0.25) is 0 Å². The molecule has 0 aliphatic heterocycles. The van der Waals surface area contributed by atoms with Gasteiger partial charge in [-0.15, -0.1) is 0 Å². The van der Waals surface area contributed by atoms with Crippen molar-refractivity contribution in [3.63, 3.8) is 0 Å². The van der Waals surface area contributed by atoms with Crippen molar-refractivity contribution in [2.75, 3.05) is 0 Å². The summed E-state index contributed by atoms with van der Waals surface area (Å²) >= 11 is 0. The Balaban J connectivity index is 1.45. The second-order valence-corrected chi connectivity index (χ2v) is 7.49. The summed E-state index contributed by atoms with van der Waals surface area (Å²) < 4.78 is 13.0. The summed E-state index contributed by atoms with van der Waals surface area (Å²) in [6.45, 7) is 2.29. The number of halogens is 1. The van der Waals surface area contributed by atoms with Crippen LogP contribution in [0.2, 0.25) is 0 Å². The molecule has 1 aromatic carbocycles. The van der Waals surface area contributed by atoms with E-state index in [1.54, 1.807) is 12.1 Å². The van der Waals surface area contributed by atoms with Gasteiger partial charge in [-0.2, -0.15) is 0 Å². The first-order chi connectivity index (χ1) is 12.2. The average Bonchev–Trinajstić information content (AvgIpc) is 2.67. The summed E-state index contributed by atoms with van der Waals surface area (Å²) in [6.07, 6.45) is 16.0. The molecule has 1 aliphatic carbocycles. The molecule has 1 saturated carbocycles. The molecule has 3 rings (SSSR count).